The minimum absolute atomic E-state index is 0.108. The van der Waals surface area contributed by atoms with Gasteiger partial charge < -0.3 is 20.5 Å². The number of carboxylic acid groups (broad SMARTS) is 1. The Morgan fingerprint density at radius 3 is 2.44 bits per heavy atom. The molecular weight excluding hydrogens is 324 g/mol. The molecule has 25 heavy (non-hydrogen) atoms. The van der Waals surface area contributed by atoms with Crippen LogP contribution in [0.15, 0.2) is 24.3 Å². The molecule has 1 aromatic rings. The molecule has 0 saturated heterocycles. The molecule has 1 saturated carbocycles. The first-order chi connectivity index (χ1) is 12.0. The maximum Gasteiger partial charge on any atom is 0.306 e. The van der Waals surface area contributed by atoms with Gasteiger partial charge in [0, 0.05) is 12.5 Å². The number of carbonyl (C=O) groups excluding carboxylic acids is 2. The van der Waals surface area contributed by atoms with Gasteiger partial charge in [0.1, 0.15) is 5.75 Å². The van der Waals surface area contributed by atoms with Gasteiger partial charge in [-0.05, 0) is 37.0 Å². The van der Waals surface area contributed by atoms with Crippen LogP contribution in [-0.4, -0.2) is 36.5 Å². The molecule has 7 nitrogen and oxygen atoms in total. The molecule has 0 radical (unpaired) electrons. The SMILES string of the molecule is COc1ccc(CNC(=O)CNC(=O)C2CCCC(C(=O)O)C2)cc1. The summed E-state index contributed by atoms with van der Waals surface area (Å²) in [6.07, 6.45) is 2.35. The molecule has 2 rings (SSSR count). The predicted octanol–water partition coefficient (Wildman–Crippen LogP) is 1.32. The number of amides is 2. The number of hydrogen-bond donors (Lipinski definition) is 3. The fourth-order valence-corrected chi connectivity index (χ4v) is 2.97. The van der Waals surface area contributed by atoms with Crippen LogP contribution in [0.4, 0.5) is 0 Å². The Morgan fingerprint density at radius 1 is 1.12 bits per heavy atom. The minimum atomic E-state index is -0.852. The zero-order valence-electron chi connectivity index (χ0n) is 14.3. The summed E-state index contributed by atoms with van der Waals surface area (Å²) >= 11 is 0. The van der Waals surface area contributed by atoms with Crippen LogP contribution in [0.5, 0.6) is 5.75 Å². The molecule has 1 fully saturated rings. The molecule has 3 N–H and O–H groups in total. The highest BCUT2D eigenvalue weighted by Crippen LogP contribution is 2.29. The number of rotatable bonds is 7. The van der Waals surface area contributed by atoms with Crippen LogP contribution in [0.2, 0.25) is 0 Å². The molecule has 0 spiro atoms. The third-order valence-electron chi connectivity index (χ3n) is 4.47. The van der Waals surface area contributed by atoms with E-state index in [0.717, 1.165) is 17.7 Å². The van der Waals surface area contributed by atoms with E-state index in [1.54, 1.807) is 7.11 Å². The summed E-state index contributed by atoms with van der Waals surface area (Å²) in [6.45, 7) is 0.256. The summed E-state index contributed by atoms with van der Waals surface area (Å²) in [4.78, 5) is 35.0. The largest absolute Gasteiger partial charge is 0.497 e. The minimum Gasteiger partial charge on any atom is -0.497 e. The third kappa shape index (κ3) is 5.77. The standard InChI is InChI=1S/C18H24N2O5/c1-25-15-7-5-12(6-8-15)10-19-16(21)11-20-17(22)13-3-2-4-14(9-13)18(23)24/h5-8,13-14H,2-4,9-11H2,1H3,(H,19,21)(H,20,22)(H,23,24). The van der Waals surface area contributed by atoms with Crippen molar-refractivity contribution in [3.8, 4) is 5.75 Å². The number of carboxylic acids is 1. The molecule has 2 unspecified atom stereocenters. The van der Waals surface area contributed by atoms with Crippen LogP contribution in [0.3, 0.4) is 0 Å². The third-order valence-corrected chi connectivity index (χ3v) is 4.47. The molecule has 1 aliphatic carbocycles. The number of carbonyl (C=O) groups is 3. The Bertz CT molecular complexity index is 614. The summed E-state index contributed by atoms with van der Waals surface area (Å²) in [7, 11) is 1.59. The Morgan fingerprint density at radius 2 is 1.80 bits per heavy atom. The quantitative estimate of drug-likeness (QED) is 0.689. The Labute approximate surface area is 146 Å². The van der Waals surface area contributed by atoms with Crippen LogP contribution in [-0.2, 0) is 20.9 Å². The molecule has 2 amide bonds. The molecule has 7 heteroatoms. The van der Waals surface area contributed by atoms with Crippen LogP contribution in [0, 0.1) is 11.8 Å². The van der Waals surface area contributed by atoms with Crippen molar-refractivity contribution in [3.63, 3.8) is 0 Å². The van der Waals surface area contributed by atoms with Gasteiger partial charge in [-0.15, -0.1) is 0 Å². The molecular formula is C18H24N2O5. The van der Waals surface area contributed by atoms with Crippen molar-refractivity contribution < 1.29 is 24.2 Å². The second-order valence-corrected chi connectivity index (χ2v) is 6.24. The van der Waals surface area contributed by atoms with Gasteiger partial charge in [-0.2, -0.15) is 0 Å². The van der Waals surface area contributed by atoms with Gasteiger partial charge in [0.15, 0.2) is 0 Å². The van der Waals surface area contributed by atoms with Crippen molar-refractivity contribution in [3.05, 3.63) is 29.8 Å². The van der Waals surface area contributed by atoms with Crippen LogP contribution in [0.25, 0.3) is 0 Å². The van der Waals surface area contributed by atoms with E-state index >= 15 is 0 Å². The van der Waals surface area contributed by atoms with Crippen LogP contribution < -0.4 is 15.4 Å². The van der Waals surface area contributed by atoms with E-state index in [9.17, 15) is 14.4 Å². The molecule has 0 heterocycles. The average Bonchev–Trinajstić information content (AvgIpc) is 2.64. The molecule has 0 aliphatic heterocycles. The number of hydrogen-bond acceptors (Lipinski definition) is 4. The van der Waals surface area contributed by atoms with E-state index in [-0.39, 0.29) is 24.3 Å². The lowest BCUT2D eigenvalue weighted by Gasteiger charge is -2.25. The van der Waals surface area contributed by atoms with Gasteiger partial charge in [-0.1, -0.05) is 18.6 Å². The summed E-state index contributed by atoms with van der Waals surface area (Å²) < 4.78 is 5.07. The van der Waals surface area contributed by atoms with Crippen molar-refractivity contribution in [1.29, 1.82) is 0 Å². The number of ether oxygens (including phenoxy) is 1. The summed E-state index contributed by atoms with van der Waals surface area (Å²) in [5.74, 6) is -1.43. The first kappa shape index (κ1) is 18.8. The normalized spacial score (nSPS) is 19.7. The summed E-state index contributed by atoms with van der Waals surface area (Å²) in [6, 6.07) is 7.33. The lowest BCUT2D eigenvalue weighted by molar-refractivity contribution is -0.144. The topological polar surface area (TPSA) is 105 Å². The Balaban J connectivity index is 1.71. The highest BCUT2D eigenvalue weighted by atomic mass is 16.5. The van der Waals surface area contributed by atoms with E-state index < -0.39 is 11.9 Å². The molecule has 1 aromatic carbocycles. The van der Waals surface area contributed by atoms with Gasteiger partial charge in [0.05, 0.1) is 19.6 Å². The van der Waals surface area contributed by atoms with E-state index in [2.05, 4.69) is 10.6 Å². The Kier molecular flexibility index (Phi) is 6.80. The van der Waals surface area contributed by atoms with Crippen molar-refractivity contribution in [2.24, 2.45) is 11.8 Å². The molecule has 1 aliphatic rings. The summed E-state index contributed by atoms with van der Waals surface area (Å²) in [5, 5.41) is 14.4. The monoisotopic (exact) mass is 348 g/mol. The smallest absolute Gasteiger partial charge is 0.306 e. The first-order valence-electron chi connectivity index (χ1n) is 8.39. The van der Waals surface area contributed by atoms with Gasteiger partial charge in [0.25, 0.3) is 0 Å². The maximum absolute atomic E-state index is 12.1. The highest BCUT2D eigenvalue weighted by Gasteiger charge is 2.30. The van der Waals surface area contributed by atoms with Crippen LogP contribution >= 0.6 is 0 Å². The van der Waals surface area contributed by atoms with Gasteiger partial charge >= 0.3 is 5.97 Å². The number of methoxy groups -OCH3 is 1. The van der Waals surface area contributed by atoms with Gasteiger partial charge in [-0.25, -0.2) is 0 Å². The Hall–Kier alpha value is -2.57. The van der Waals surface area contributed by atoms with Crippen molar-refractivity contribution in [2.45, 2.75) is 32.2 Å². The van der Waals surface area contributed by atoms with Crippen molar-refractivity contribution in [2.75, 3.05) is 13.7 Å². The predicted molar refractivity (Wildman–Crippen MR) is 90.9 cm³/mol. The second kappa shape index (κ2) is 9.05. The average molecular weight is 348 g/mol. The van der Waals surface area contributed by atoms with Crippen LogP contribution in [0.1, 0.15) is 31.2 Å². The lowest BCUT2D eigenvalue weighted by Crippen LogP contribution is -2.41. The zero-order chi connectivity index (χ0) is 18.2. The number of nitrogens with one attached hydrogen (secondary N) is 2. The molecule has 0 bridgehead atoms. The fraction of sp³-hybridized carbons (Fsp3) is 0.500. The van der Waals surface area contributed by atoms with E-state index in [0.29, 0.717) is 25.8 Å². The molecule has 0 aromatic heterocycles. The maximum atomic E-state index is 12.1. The van der Waals surface area contributed by atoms with Crippen molar-refractivity contribution >= 4 is 17.8 Å². The molecule has 2 atom stereocenters. The molecule has 136 valence electrons. The lowest BCUT2D eigenvalue weighted by atomic mass is 9.81. The fourth-order valence-electron chi connectivity index (χ4n) is 2.97. The first-order valence-corrected chi connectivity index (χ1v) is 8.39. The number of aliphatic carboxylic acids is 1. The van der Waals surface area contributed by atoms with Gasteiger partial charge in [-0.3, -0.25) is 14.4 Å². The summed E-state index contributed by atoms with van der Waals surface area (Å²) in [5.41, 5.74) is 0.928. The second-order valence-electron chi connectivity index (χ2n) is 6.24. The van der Waals surface area contributed by atoms with E-state index in [1.807, 2.05) is 24.3 Å². The highest BCUT2D eigenvalue weighted by molar-refractivity contribution is 5.86. The zero-order valence-corrected chi connectivity index (χ0v) is 14.3. The van der Waals surface area contributed by atoms with Crippen molar-refractivity contribution in [1.82, 2.24) is 10.6 Å². The number of benzene rings is 1. The van der Waals surface area contributed by atoms with Gasteiger partial charge in [0.2, 0.25) is 11.8 Å². The van der Waals surface area contributed by atoms with E-state index in [1.165, 1.54) is 0 Å². The van der Waals surface area contributed by atoms with E-state index in [4.69, 9.17) is 9.84 Å².